The van der Waals surface area contributed by atoms with Crippen LogP contribution < -0.4 is 10.1 Å². The fraction of sp³-hybridized carbons (Fsp3) is 0.278. The maximum absolute atomic E-state index is 12.2. The second-order valence-electron chi connectivity index (χ2n) is 5.52. The van der Waals surface area contributed by atoms with Crippen LogP contribution in [0.15, 0.2) is 48.5 Å². The molecule has 0 bridgehead atoms. The number of carbonyl (C=O) groups is 1. The topological polar surface area (TPSA) is 38.3 Å². The highest BCUT2D eigenvalue weighted by atomic mass is 16.5. The number of anilines is 1. The Labute approximate surface area is 126 Å². The number of carbonyl (C=O) groups excluding carboxylic acids is 1. The van der Waals surface area contributed by atoms with E-state index in [1.165, 1.54) is 0 Å². The van der Waals surface area contributed by atoms with Gasteiger partial charge < -0.3 is 10.1 Å². The molecular formula is C18H21NO2. The SMILES string of the molecule is Cc1ccc(C(=O)Nc2ccccc2OCC(C)C)cc1. The van der Waals surface area contributed by atoms with Gasteiger partial charge in [0, 0.05) is 5.56 Å². The van der Waals surface area contributed by atoms with Crippen LogP contribution in [0.5, 0.6) is 5.75 Å². The molecule has 2 rings (SSSR count). The molecule has 1 amide bonds. The van der Waals surface area contributed by atoms with E-state index in [1.807, 2.05) is 55.5 Å². The third-order valence-electron chi connectivity index (χ3n) is 3.02. The molecule has 110 valence electrons. The van der Waals surface area contributed by atoms with E-state index in [9.17, 15) is 4.79 Å². The normalized spacial score (nSPS) is 10.5. The lowest BCUT2D eigenvalue weighted by atomic mass is 10.1. The van der Waals surface area contributed by atoms with Gasteiger partial charge in [-0.05, 0) is 37.1 Å². The van der Waals surface area contributed by atoms with Gasteiger partial charge >= 0.3 is 0 Å². The minimum Gasteiger partial charge on any atom is -0.491 e. The molecule has 0 saturated carbocycles. The Morgan fingerprint density at radius 3 is 2.43 bits per heavy atom. The largest absolute Gasteiger partial charge is 0.491 e. The maximum Gasteiger partial charge on any atom is 0.255 e. The first kappa shape index (κ1) is 15.1. The Hall–Kier alpha value is -2.29. The highest BCUT2D eigenvalue weighted by molar-refractivity contribution is 6.05. The Bertz CT molecular complexity index is 603. The van der Waals surface area contributed by atoms with Crippen molar-refractivity contribution in [1.29, 1.82) is 0 Å². The van der Waals surface area contributed by atoms with Crippen molar-refractivity contribution in [2.24, 2.45) is 5.92 Å². The minimum absolute atomic E-state index is 0.129. The van der Waals surface area contributed by atoms with Crippen LogP contribution in [-0.2, 0) is 0 Å². The predicted molar refractivity (Wildman–Crippen MR) is 85.9 cm³/mol. The highest BCUT2D eigenvalue weighted by Crippen LogP contribution is 2.24. The van der Waals surface area contributed by atoms with Crippen LogP contribution in [-0.4, -0.2) is 12.5 Å². The van der Waals surface area contributed by atoms with E-state index in [0.29, 0.717) is 29.5 Å². The summed E-state index contributed by atoms with van der Waals surface area (Å²) in [6.45, 7) is 6.80. The van der Waals surface area contributed by atoms with Crippen molar-refractivity contribution in [2.45, 2.75) is 20.8 Å². The number of rotatable bonds is 5. The Balaban J connectivity index is 2.11. The molecular weight excluding hydrogens is 262 g/mol. The van der Waals surface area contributed by atoms with Crippen LogP contribution >= 0.6 is 0 Å². The monoisotopic (exact) mass is 283 g/mol. The summed E-state index contributed by atoms with van der Waals surface area (Å²) in [7, 11) is 0. The molecule has 0 aromatic heterocycles. The number of ether oxygens (including phenoxy) is 1. The van der Waals surface area contributed by atoms with E-state index in [2.05, 4.69) is 19.2 Å². The summed E-state index contributed by atoms with van der Waals surface area (Å²) in [5.41, 5.74) is 2.47. The average Bonchev–Trinajstić information content (AvgIpc) is 2.47. The summed E-state index contributed by atoms with van der Waals surface area (Å²) in [5.74, 6) is 1.01. The van der Waals surface area contributed by atoms with Crippen LogP contribution in [0, 0.1) is 12.8 Å². The molecule has 3 heteroatoms. The Kier molecular flexibility index (Phi) is 4.99. The summed E-state index contributed by atoms with van der Waals surface area (Å²) in [4.78, 5) is 12.2. The van der Waals surface area contributed by atoms with Crippen LogP contribution in [0.25, 0.3) is 0 Å². The molecule has 0 unspecified atom stereocenters. The van der Waals surface area contributed by atoms with Crippen molar-refractivity contribution in [3.05, 3.63) is 59.7 Å². The predicted octanol–water partition coefficient (Wildman–Crippen LogP) is 4.28. The standard InChI is InChI=1S/C18H21NO2/c1-13(2)12-21-17-7-5-4-6-16(17)19-18(20)15-10-8-14(3)9-11-15/h4-11,13H,12H2,1-3H3,(H,19,20). The molecule has 0 aliphatic carbocycles. The third kappa shape index (κ3) is 4.35. The maximum atomic E-state index is 12.2. The average molecular weight is 283 g/mol. The number of para-hydroxylation sites is 2. The lowest BCUT2D eigenvalue weighted by molar-refractivity contribution is 0.102. The summed E-state index contributed by atoms with van der Waals surface area (Å²) in [6.07, 6.45) is 0. The van der Waals surface area contributed by atoms with Crippen LogP contribution in [0.1, 0.15) is 29.8 Å². The zero-order valence-corrected chi connectivity index (χ0v) is 12.7. The second kappa shape index (κ2) is 6.93. The minimum atomic E-state index is -0.129. The third-order valence-corrected chi connectivity index (χ3v) is 3.02. The number of hydrogen-bond acceptors (Lipinski definition) is 2. The van der Waals surface area contributed by atoms with Gasteiger partial charge in [0.25, 0.3) is 5.91 Å². The molecule has 0 spiro atoms. The fourth-order valence-electron chi connectivity index (χ4n) is 1.85. The van der Waals surface area contributed by atoms with Crippen molar-refractivity contribution in [3.63, 3.8) is 0 Å². The van der Waals surface area contributed by atoms with Crippen LogP contribution in [0.2, 0.25) is 0 Å². The van der Waals surface area contributed by atoms with E-state index < -0.39 is 0 Å². The molecule has 0 saturated heterocycles. The molecule has 3 nitrogen and oxygen atoms in total. The molecule has 2 aromatic rings. The molecule has 0 heterocycles. The van der Waals surface area contributed by atoms with E-state index in [-0.39, 0.29) is 5.91 Å². The van der Waals surface area contributed by atoms with E-state index >= 15 is 0 Å². The van der Waals surface area contributed by atoms with Crippen molar-refractivity contribution in [3.8, 4) is 5.75 Å². The summed E-state index contributed by atoms with van der Waals surface area (Å²) in [5, 5.41) is 2.91. The van der Waals surface area contributed by atoms with Gasteiger partial charge in [-0.3, -0.25) is 4.79 Å². The molecule has 0 radical (unpaired) electrons. The van der Waals surface area contributed by atoms with Crippen molar-refractivity contribution in [1.82, 2.24) is 0 Å². The first-order valence-electron chi connectivity index (χ1n) is 7.16. The zero-order chi connectivity index (χ0) is 15.2. The Morgan fingerprint density at radius 1 is 1.10 bits per heavy atom. The van der Waals surface area contributed by atoms with Gasteiger partial charge in [0.2, 0.25) is 0 Å². The van der Waals surface area contributed by atoms with Gasteiger partial charge in [-0.2, -0.15) is 0 Å². The van der Waals surface area contributed by atoms with Crippen LogP contribution in [0.4, 0.5) is 5.69 Å². The quantitative estimate of drug-likeness (QED) is 0.889. The van der Waals surface area contributed by atoms with Crippen molar-refractivity contribution >= 4 is 11.6 Å². The van der Waals surface area contributed by atoms with Crippen LogP contribution in [0.3, 0.4) is 0 Å². The van der Waals surface area contributed by atoms with Gasteiger partial charge in [0.05, 0.1) is 12.3 Å². The van der Waals surface area contributed by atoms with E-state index in [0.717, 1.165) is 5.56 Å². The number of amides is 1. The van der Waals surface area contributed by atoms with Crippen molar-refractivity contribution in [2.75, 3.05) is 11.9 Å². The van der Waals surface area contributed by atoms with E-state index in [4.69, 9.17) is 4.74 Å². The van der Waals surface area contributed by atoms with Gasteiger partial charge in [-0.1, -0.05) is 43.7 Å². The lowest BCUT2D eigenvalue weighted by Crippen LogP contribution is -2.13. The number of nitrogens with one attached hydrogen (secondary N) is 1. The molecule has 1 N–H and O–H groups in total. The second-order valence-corrected chi connectivity index (χ2v) is 5.52. The van der Waals surface area contributed by atoms with Gasteiger partial charge in [-0.25, -0.2) is 0 Å². The molecule has 0 atom stereocenters. The fourth-order valence-corrected chi connectivity index (χ4v) is 1.85. The van der Waals surface area contributed by atoms with E-state index in [1.54, 1.807) is 0 Å². The van der Waals surface area contributed by atoms with Gasteiger partial charge in [0.1, 0.15) is 5.75 Å². The van der Waals surface area contributed by atoms with Crippen molar-refractivity contribution < 1.29 is 9.53 Å². The molecule has 2 aromatic carbocycles. The molecule has 21 heavy (non-hydrogen) atoms. The number of hydrogen-bond donors (Lipinski definition) is 1. The molecule has 0 aliphatic rings. The summed E-state index contributed by atoms with van der Waals surface area (Å²) in [6, 6.07) is 15.0. The molecule has 0 aliphatic heterocycles. The summed E-state index contributed by atoms with van der Waals surface area (Å²) < 4.78 is 5.74. The first-order chi connectivity index (χ1) is 10.1. The zero-order valence-electron chi connectivity index (χ0n) is 12.7. The molecule has 0 fully saturated rings. The van der Waals surface area contributed by atoms with Gasteiger partial charge in [0.15, 0.2) is 0 Å². The lowest BCUT2D eigenvalue weighted by Gasteiger charge is -2.13. The first-order valence-corrected chi connectivity index (χ1v) is 7.16. The number of benzene rings is 2. The highest BCUT2D eigenvalue weighted by Gasteiger charge is 2.09. The Morgan fingerprint density at radius 2 is 1.76 bits per heavy atom. The summed E-state index contributed by atoms with van der Waals surface area (Å²) >= 11 is 0. The van der Waals surface area contributed by atoms with Gasteiger partial charge in [-0.15, -0.1) is 0 Å². The number of aryl methyl sites for hydroxylation is 1. The smallest absolute Gasteiger partial charge is 0.255 e.